The van der Waals surface area contributed by atoms with Crippen molar-refractivity contribution in [2.24, 2.45) is 11.8 Å². The standard InChI is InChI=1S/C11H21NO2/c1-7(10(13)14)8(2)12-11(3,4)9-5-6-9/h7-9,12H,5-6H2,1-4H3,(H,13,14). The molecule has 1 aliphatic carbocycles. The topological polar surface area (TPSA) is 49.3 Å². The van der Waals surface area contributed by atoms with E-state index in [-0.39, 0.29) is 17.5 Å². The summed E-state index contributed by atoms with van der Waals surface area (Å²) in [6.07, 6.45) is 2.54. The summed E-state index contributed by atoms with van der Waals surface area (Å²) >= 11 is 0. The molecule has 82 valence electrons. The SMILES string of the molecule is CC(NC(C)(C)C1CC1)C(C)C(=O)O. The molecule has 0 aliphatic heterocycles. The fraction of sp³-hybridized carbons (Fsp3) is 0.909. The Morgan fingerprint density at radius 3 is 2.29 bits per heavy atom. The lowest BCUT2D eigenvalue weighted by molar-refractivity contribution is -0.142. The van der Waals surface area contributed by atoms with E-state index in [0.717, 1.165) is 5.92 Å². The van der Waals surface area contributed by atoms with Gasteiger partial charge in [-0.3, -0.25) is 4.79 Å². The second kappa shape index (κ2) is 3.89. The molecular formula is C11H21NO2. The molecule has 0 aromatic rings. The first-order valence-corrected chi connectivity index (χ1v) is 5.35. The summed E-state index contributed by atoms with van der Waals surface area (Å²) in [6, 6.07) is 0.0306. The van der Waals surface area contributed by atoms with Gasteiger partial charge in [0.15, 0.2) is 0 Å². The summed E-state index contributed by atoms with van der Waals surface area (Å²) in [4.78, 5) is 10.8. The summed E-state index contributed by atoms with van der Waals surface area (Å²) in [6.45, 7) is 8.03. The van der Waals surface area contributed by atoms with E-state index in [1.54, 1.807) is 6.92 Å². The largest absolute Gasteiger partial charge is 0.481 e. The molecule has 2 N–H and O–H groups in total. The highest BCUT2D eigenvalue weighted by atomic mass is 16.4. The van der Waals surface area contributed by atoms with E-state index in [9.17, 15) is 4.79 Å². The lowest BCUT2D eigenvalue weighted by Crippen LogP contribution is -2.50. The van der Waals surface area contributed by atoms with Gasteiger partial charge in [-0.05, 0) is 39.5 Å². The van der Waals surface area contributed by atoms with E-state index in [2.05, 4.69) is 19.2 Å². The Bertz CT molecular complexity index is 221. The molecule has 1 aliphatic rings. The number of carboxylic acids is 1. The van der Waals surface area contributed by atoms with Crippen molar-refractivity contribution in [1.82, 2.24) is 5.32 Å². The highest BCUT2D eigenvalue weighted by molar-refractivity contribution is 5.70. The van der Waals surface area contributed by atoms with Gasteiger partial charge in [0, 0.05) is 11.6 Å². The van der Waals surface area contributed by atoms with Gasteiger partial charge in [-0.15, -0.1) is 0 Å². The minimum atomic E-state index is -0.725. The van der Waals surface area contributed by atoms with Gasteiger partial charge in [-0.25, -0.2) is 0 Å². The smallest absolute Gasteiger partial charge is 0.307 e. The Morgan fingerprint density at radius 1 is 1.43 bits per heavy atom. The Hall–Kier alpha value is -0.570. The third kappa shape index (κ3) is 2.71. The molecule has 1 rings (SSSR count). The summed E-state index contributed by atoms with van der Waals surface area (Å²) in [5, 5.41) is 12.3. The molecule has 0 amide bonds. The molecule has 0 radical (unpaired) electrons. The molecule has 1 saturated carbocycles. The van der Waals surface area contributed by atoms with Crippen molar-refractivity contribution < 1.29 is 9.90 Å². The first-order valence-electron chi connectivity index (χ1n) is 5.35. The lowest BCUT2D eigenvalue weighted by Gasteiger charge is -2.32. The predicted octanol–water partition coefficient (Wildman–Crippen LogP) is 1.87. The maximum atomic E-state index is 10.8. The Kier molecular flexibility index (Phi) is 3.20. The van der Waals surface area contributed by atoms with Crippen LogP contribution >= 0.6 is 0 Å². The summed E-state index contributed by atoms with van der Waals surface area (Å²) in [5.74, 6) is -0.324. The van der Waals surface area contributed by atoms with Crippen LogP contribution in [0.3, 0.4) is 0 Å². The first kappa shape index (κ1) is 11.5. The van der Waals surface area contributed by atoms with Crippen molar-refractivity contribution >= 4 is 5.97 Å². The van der Waals surface area contributed by atoms with Crippen LogP contribution in [0, 0.1) is 11.8 Å². The molecule has 0 aromatic carbocycles. The zero-order valence-corrected chi connectivity index (χ0v) is 9.50. The molecule has 0 aromatic heterocycles. The number of hydrogen-bond donors (Lipinski definition) is 2. The van der Waals surface area contributed by atoms with Crippen LogP contribution in [0.1, 0.15) is 40.5 Å². The van der Waals surface area contributed by atoms with Crippen molar-refractivity contribution in [3.8, 4) is 0 Å². The average molecular weight is 199 g/mol. The van der Waals surface area contributed by atoms with Gasteiger partial charge in [0.1, 0.15) is 0 Å². The minimum Gasteiger partial charge on any atom is -0.481 e. The van der Waals surface area contributed by atoms with Gasteiger partial charge in [0.2, 0.25) is 0 Å². The van der Waals surface area contributed by atoms with Crippen LogP contribution in [0.5, 0.6) is 0 Å². The van der Waals surface area contributed by atoms with Crippen molar-refractivity contribution in [3.05, 3.63) is 0 Å². The minimum absolute atomic E-state index is 0.0306. The summed E-state index contributed by atoms with van der Waals surface area (Å²) in [7, 11) is 0. The van der Waals surface area contributed by atoms with Gasteiger partial charge in [0.25, 0.3) is 0 Å². The van der Waals surface area contributed by atoms with Crippen molar-refractivity contribution in [3.63, 3.8) is 0 Å². The van der Waals surface area contributed by atoms with E-state index in [1.165, 1.54) is 12.8 Å². The quantitative estimate of drug-likeness (QED) is 0.710. The molecule has 0 saturated heterocycles. The maximum absolute atomic E-state index is 10.8. The van der Waals surface area contributed by atoms with Crippen LogP contribution in [-0.4, -0.2) is 22.7 Å². The van der Waals surface area contributed by atoms with E-state index < -0.39 is 5.97 Å². The van der Waals surface area contributed by atoms with Crippen LogP contribution in [0.15, 0.2) is 0 Å². The average Bonchev–Trinajstić information content (AvgIpc) is 2.83. The Balaban J connectivity index is 2.46. The highest BCUT2D eigenvalue weighted by Gasteiger charge is 2.39. The molecule has 0 heterocycles. The molecule has 0 spiro atoms. The predicted molar refractivity (Wildman–Crippen MR) is 56.2 cm³/mol. The molecule has 14 heavy (non-hydrogen) atoms. The fourth-order valence-corrected chi connectivity index (χ4v) is 1.85. The van der Waals surface area contributed by atoms with Crippen molar-refractivity contribution in [2.45, 2.75) is 52.1 Å². The van der Waals surface area contributed by atoms with E-state index in [4.69, 9.17) is 5.11 Å². The van der Waals surface area contributed by atoms with Gasteiger partial charge in [0.05, 0.1) is 5.92 Å². The van der Waals surface area contributed by atoms with Crippen LogP contribution in [-0.2, 0) is 4.79 Å². The lowest BCUT2D eigenvalue weighted by atomic mass is 9.94. The molecule has 0 bridgehead atoms. The van der Waals surface area contributed by atoms with Crippen LogP contribution in [0.2, 0.25) is 0 Å². The van der Waals surface area contributed by atoms with Crippen molar-refractivity contribution in [1.29, 1.82) is 0 Å². The number of hydrogen-bond acceptors (Lipinski definition) is 2. The number of aliphatic carboxylic acids is 1. The second-order valence-corrected chi connectivity index (χ2v) is 5.06. The van der Waals surface area contributed by atoms with Crippen LogP contribution in [0.4, 0.5) is 0 Å². The normalized spacial score (nSPS) is 21.7. The number of carbonyl (C=O) groups is 1. The van der Waals surface area contributed by atoms with Gasteiger partial charge >= 0.3 is 5.97 Å². The van der Waals surface area contributed by atoms with E-state index in [0.29, 0.717) is 0 Å². The molecule has 2 atom stereocenters. The first-order chi connectivity index (χ1) is 6.34. The third-order valence-corrected chi connectivity index (χ3v) is 3.34. The Morgan fingerprint density at radius 2 is 1.93 bits per heavy atom. The molecule has 3 nitrogen and oxygen atoms in total. The maximum Gasteiger partial charge on any atom is 0.307 e. The molecule has 1 fully saturated rings. The van der Waals surface area contributed by atoms with Crippen LogP contribution < -0.4 is 5.32 Å². The fourth-order valence-electron chi connectivity index (χ4n) is 1.85. The molecular weight excluding hydrogens is 178 g/mol. The summed E-state index contributed by atoms with van der Waals surface area (Å²) < 4.78 is 0. The Labute approximate surface area is 85.9 Å². The van der Waals surface area contributed by atoms with Crippen molar-refractivity contribution in [2.75, 3.05) is 0 Å². The number of carboxylic acid groups (broad SMARTS) is 1. The van der Waals surface area contributed by atoms with Gasteiger partial charge in [-0.1, -0.05) is 6.92 Å². The highest BCUT2D eigenvalue weighted by Crippen LogP contribution is 2.39. The zero-order valence-electron chi connectivity index (χ0n) is 9.50. The van der Waals surface area contributed by atoms with E-state index in [1.807, 2.05) is 6.92 Å². The van der Waals surface area contributed by atoms with Crippen LogP contribution in [0.25, 0.3) is 0 Å². The monoisotopic (exact) mass is 199 g/mol. The summed E-state index contributed by atoms with van der Waals surface area (Å²) in [5.41, 5.74) is 0.0864. The second-order valence-electron chi connectivity index (χ2n) is 5.06. The van der Waals surface area contributed by atoms with Gasteiger partial charge in [-0.2, -0.15) is 0 Å². The number of rotatable bonds is 5. The molecule has 3 heteroatoms. The number of nitrogens with one attached hydrogen (secondary N) is 1. The molecule has 2 unspecified atom stereocenters. The van der Waals surface area contributed by atoms with Gasteiger partial charge < -0.3 is 10.4 Å². The zero-order chi connectivity index (χ0) is 10.9. The van der Waals surface area contributed by atoms with E-state index >= 15 is 0 Å². The third-order valence-electron chi connectivity index (χ3n) is 3.34.